The van der Waals surface area contributed by atoms with E-state index < -0.39 is 11.9 Å². The number of rotatable bonds is 12. The van der Waals surface area contributed by atoms with Gasteiger partial charge >= 0.3 is 11.9 Å². The van der Waals surface area contributed by atoms with Crippen molar-refractivity contribution in [3.05, 3.63) is 11.6 Å². The van der Waals surface area contributed by atoms with Crippen molar-refractivity contribution < 1.29 is 24.2 Å². The van der Waals surface area contributed by atoms with Gasteiger partial charge in [0.2, 0.25) is 0 Å². The van der Waals surface area contributed by atoms with Gasteiger partial charge in [-0.2, -0.15) is 0 Å². The van der Waals surface area contributed by atoms with Crippen LogP contribution in [0.25, 0.3) is 0 Å². The van der Waals surface area contributed by atoms with Crippen LogP contribution in [0.2, 0.25) is 0 Å². The van der Waals surface area contributed by atoms with Crippen LogP contribution >= 0.6 is 0 Å². The molecule has 0 aromatic rings. The molecule has 3 saturated carbocycles. The van der Waals surface area contributed by atoms with Crippen LogP contribution in [0.4, 0.5) is 0 Å². The molecule has 3 fully saturated rings. The number of carboxylic acid groups (broad SMARTS) is 1. The number of allylic oxidation sites excluding steroid dienone is 1. The van der Waals surface area contributed by atoms with E-state index >= 15 is 0 Å². The normalized spacial score (nSPS) is 36.9. The standard InChI is InChI=1S/C35H57NO5/c1-23(2)9-7-10-24(3)27-13-14-28-34(27,5)20-17-29-33(4)19-16-26(21-25(33)15-18-35(28,29)6)36-30(37)22-41-32(40)12-8-11-31(38)39/h15,23-24,26-29H,7-14,16-22H2,1-6H3,(H,36,37)(H,38,39)/t24-,26+,27?,28-,29-,33+,34-,35+/m1/s1. The molecule has 41 heavy (non-hydrogen) atoms. The van der Waals surface area contributed by atoms with Crippen LogP contribution in [-0.4, -0.2) is 35.6 Å². The van der Waals surface area contributed by atoms with Crippen LogP contribution in [-0.2, 0) is 19.1 Å². The van der Waals surface area contributed by atoms with Crippen molar-refractivity contribution in [3.8, 4) is 0 Å². The van der Waals surface area contributed by atoms with E-state index in [0.29, 0.717) is 16.7 Å². The van der Waals surface area contributed by atoms with Crippen molar-refractivity contribution in [1.82, 2.24) is 5.32 Å². The first kappa shape index (κ1) is 32.1. The highest BCUT2D eigenvalue weighted by Crippen LogP contribution is 2.71. The SMILES string of the molecule is CC(C)CCC[C@@H](C)C1CC[C@H]2[C@]3(C)CC=C4C[C@@H](NC(=O)COC(=O)CCCC(=O)O)CC[C@]4(C)[C@H]3CC[C@]12C. The van der Waals surface area contributed by atoms with Crippen molar-refractivity contribution in [3.63, 3.8) is 0 Å². The minimum Gasteiger partial charge on any atom is -0.481 e. The molecule has 0 aliphatic heterocycles. The Morgan fingerprint density at radius 2 is 1.71 bits per heavy atom. The summed E-state index contributed by atoms with van der Waals surface area (Å²) in [6, 6.07) is 0.0771. The molecule has 4 aliphatic rings. The molecule has 1 unspecified atom stereocenters. The van der Waals surface area contributed by atoms with Crippen LogP contribution in [0.1, 0.15) is 131 Å². The van der Waals surface area contributed by atoms with Gasteiger partial charge in [0, 0.05) is 18.9 Å². The Morgan fingerprint density at radius 1 is 0.951 bits per heavy atom. The van der Waals surface area contributed by atoms with E-state index in [1.807, 2.05) is 0 Å². The van der Waals surface area contributed by atoms with Crippen LogP contribution in [0.3, 0.4) is 0 Å². The molecule has 4 rings (SSSR count). The van der Waals surface area contributed by atoms with Gasteiger partial charge in [0.25, 0.3) is 5.91 Å². The van der Waals surface area contributed by atoms with Crippen molar-refractivity contribution in [1.29, 1.82) is 0 Å². The van der Waals surface area contributed by atoms with E-state index in [2.05, 4.69) is 52.9 Å². The molecule has 4 aliphatic carbocycles. The van der Waals surface area contributed by atoms with Gasteiger partial charge in [0.1, 0.15) is 0 Å². The highest BCUT2D eigenvalue weighted by atomic mass is 16.5. The first-order valence-electron chi connectivity index (χ1n) is 16.7. The number of fused-ring (bicyclic) bond motifs is 5. The molecule has 0 radical (unpaired) electrons. The van der Waals surface area contributed by atoms with E-state index in [4.69, 9.17) is 9.84 Å². The van der Waals surface area contributed by atoms with E-state index in [9.17, 15) is 14.4 Å². The minimum atomic E-state index is -0.936. The number of aliphatic carboxylic acids is 1. The Morgan fingerprint density at radius 3 is 2.41 bits per heavy atom. The molecule has 0 bridgehead atoms. The summed E-state index contributed by atoms with van der Waals surface area (Å²) in [5.74, 6) is 2.25. The summed E-state index contributed by atoms with van der Waals surface area (Å²) in [5, 5.41) is 11.8. The van der Waals surface area contributed by atoms with Gasteiger partial charge in [0.15, 0.2) is 6.61 Å². The maximum atomic E-state index is 12.6. The number of nitrogens with one attached hydrogen (secondary N) is 1. The topological polar surface area (TPSA) is 92.7 Å². The summed E-state index contributed by atoms with van der Waals surface area (Å²) in [4.78, 5) is 35.0. The van der Waals surface area contributed by atoms with E-state index in [-0.39, 0.29) is 43.2 Å². The zero-order valence-corrected chi connectivity index (χ0v) is 26.7. The molecule has 2 N–H and O–H groups in total. The molecule has 6 nitrogen and oxygen atoms in total. The molecular weight excluding hydrogens is 514 g/mol. The van der Waals surface area contributed by atoms with Gasteiger partial charge in [0.05, 0.1) is 0 Å². The lowest BCUT2D eigenvalue weighted by molar-refractivity contribution is -0.149. The second-order valence-corrected chi connectivity index (χ2v) is 15.4. The van der Waals surface area contributed by atoms with Crippen molar-refractivity contribution in [2.75, 3.05) is 6.61 Å². The third kappa shape index (κ3) is 6.72. The Kier molecular flexibility index (Phi) is 10.0. The monoisotopic (exact) mass is 571 g/mol. The molecule has 0 saturated heterocycles. The predicted molar refractivity (Wildman–Crippen MR) is 162 cm³/mol. The van der Waals surface area contributed by atoms with Crippen molar-refractivity contribution in [2.45, 2.75) is 137 Å². The fraction of sp³-hybridized carbons (Fsp3) is 0.857. The van der Waals surface area contributed by atoms with Crippen molar-refractivity contribution >= 4 is 17.8 Å². The van der Waals surface area contributed by atoms with Crippen molar-refractivity contribution in [2.24, 2.45) is 45.8 Å². The Hall–Kier alpha value is -1.85. The second-order valence-electron chi connectivity index (χ2n) is 15.4. The number of amides is 1. The fourth-order valence-electron chi connectivity index (χ4n) is 10.3. The molecular formula is C35H57NO5. The molecule has 0 aromatic carbocycles. The lowest BCUT2D eigenvalue weighted by Gasteiger charge is -2.63. The zero-order valence-electron chi connectivity index (χ0n) is 26.7. The van der Waals surface area contributed by atoms with Gasteiger partial charge in [-0.1, -0.05) is 72.5 Å². The Bertz CT molecular complexity index is 1000. The molecule has 8 atom stereocenters. The van der Waals surface area contributed by atoms with Gasteiger partial charge in [-0.05, 0) is 104 Å². The maximum absolute atomic E-state index is 12.6. The van der Waals surface area contributed by atoms with Gasteiger partial charge in [-0.15, -0.1) is 0 Å². The van der Waals surface area contributed by atoms with Gasteiger partial charge < -0.3 is 15.2 Å². The number of carbonyl (C=O) groups is 3. The number of esters is 1. The summed E-state index contributed by atoms with van der Waals surface area (Å²) in [6.07, 6.45) is 16.4. The van der Waals surface area contributed by atoms with Crippen LogP contribution < -0.4 is 5.32 Å². The third-order valence-electron chi connectivity index (χ3n) is 12.4. The van der Waals surface area contributed by atoms with Crippen LogP contribution in [0, 0.1) is 45.8 Å². The molecule has 0 aromatic heterocycles. The van der Waals surface area contributed by atoms with E-state index in [1.54, 1.807) is 0 Å². The zero-order chi connectivity index (χ0) is 30.0. The number of carboxylic acids is 1. The fourth-order valence-corrected chi connectivity index (χ4v) is 10.3. The number of carbonyl (C=O) groups excluding carboxylic acids is 2. The molecule has 1 amide bonds. The summed E-state index contributed by atoms with van der Waals surface area (Å²) < 4.78 is 5.09. The highest BCUT2D eigenvalue weighted by Gasteiger charge is 2.63. The lowest BCUT2D eigenvalue weighted by Crippen LogP contribution is -2.57. The second kappa shape index (κ2) is 12.8. The van der Waals surface area contributed by atoms with Crippen LogP contribution in [0.5, 0.6) is 0 Å². The average molecular weight is 572 g/mol. The first-order chi connectivity index (χ1) is 19.3. The molecule has 0 spiro atoms. The summed E-state index contributed by atoms with van der Waals surface area (Å²) in [7, 11) is 0. The lowest BCUT2D eigenvalue weighted by atomic mass is 9.41. The summed E-state index contributed by atoms with van der Waals surface area (Å²) in [6.45, 7) is 14.7. The number of ether oxygens (including phenoxy) is 1. The van der Waals surface area contributed by atoms with E-state index in [1.165, 1.54) is 50.5 Å². The summed E-state index contributed by atoms with van der Waals surface area (Å²) >= 11 is 0. The Labute approximate surface area is 248 Å². The molecule has 0 heterocycles. The van der Waals surface area contributed by atoms with Crippen LogP contribution in [0.15, 0.2) is 11.6 Å². The highest BCUT2D eigenvalue weighted by molar-refractivity contribution is 5.81. The number of hydrogen-bond donors (Lipinski definition) is 2. The Balaban J connectivity index is 1.35. The number of hydrogen-bond acceptors (Lipinski definition) is 4. The minimum absolute atomic E-state index is 0.0201. The molecule has 6 heteroatoms. The predicted octanol–water partition coefficient (Wildman–Crippen LogP) is 7.70. The van der Waals surface area contributed by atoms with Gasteiger partial charge in [-0.3, -0.25) is 14.4 Å². The third-order valence-corrected chi connectivity index (χ3v) is 12.4. The first-order valence-corrected chi connectivity index (χ1v) is 16.7. The maximum Gasteiger partial charge on any atom is 0.306 e. The average Bonchev–Trinajstić information content (AvgIpc) is 3.25. The molecule has 232 valence electrons. The summed E-state index contributed by atoms with van der Waals surface area (Å²) in [5.41, 5.74) is 2.54. The van der Waals surface area contributed by atoms with E-state index in [0.717, 1.165) is 49.4 Å². The largest absolute Gasteiger partial charge is 0.481 e. The van der Waals surface area contributed by atoms with Gasteiger partial charge in [-0.25, -0.2) is 0 Å². The quantitative estimate of drug-likeness (QED) is 0.185. The smallest absolute Gasteiger partial charge is 0.306 e.